The van der Waals surface area contributed by atoms with Crippen LogP contribution in [0.15, 0.2) is 18.2 Å². The molecule has 10 heteroatoms. The van der Waals surface area contributed by atoms with E-state index >= 15 is 0 Å². The molecule has 35 heavy (non-hydrogen) atoms. The predicted molar refractivity (Wildman–Crippen MR) is 119 cm³/mol. The van der Waals surface area contributed by atoms with Crippen molar-refractivity contribution in [2.24, 2.45) is 11.3 Å². The number of quaternary nitrogens is 1. The maximum absolute atomic E-state index is 13.4. The van der Waals surface area contributed by atoms with E-state index in [1.165, 1.54) is 0 Å². The molecule has 3 rings (SSSR count). The SMILES string of the molecule is CC(C)[C@]1(C(=O)NCc2cc(C(F)(F)F)cc(C(F)(F)F)c2)CCC([N+](C)(C)C2CCOCC2)C1. The Hall–Kier alpha value is -1.81. The van der Waals surface area contributed by atoms with Crippen LogP contribution in [0.25, 0.3) is 0 Å². The summed E-state index contributed by atoms with van der Waals surface area (Å²) in [6, 6.07) is 2.08. The van der Waals surface area contributed by atoms with Crippen molar-refractivity contribution >= 4 is 5.91 Å². The third-order valence-corrected chi connectivity index (χ3v) is 8.25. The molecule has 1 saturated heterocycles. The molecule has 2 aliphatic rings. The third-order valence-electron chi connectivity index (χ3n) is 8.25. The Labute approximate surface area is 202 Å². The minimum atomic E-state index is -4.93. The van der Waals surface area contributed by atoms with E-state index in [1.54, 1.807) is 0 Å². The van der Waals surface area contributed by atoms with Gasteiger partial charge in [0.2, 0.25) is 5.91 Å². The van der Waals surface area contributed by atoms with Crippen molar-refractivity contribution in [3.63, 3.8) is 0 Å². The molecular weight excluding hydrogens is 474 g/mol. The molecule has 1 amide bonds. The van der Waals surface area contributed by atoms with Crippen molar-refractivity contribution in [2.45, 2.75) is 76.9 Å². The van der Waals surface area contributed by atoms with Crippen LogP contribution in [0.5, 0.6) is 0 Å². The fourth-order valence-corrected chi connectivity index (χ4v) is 5.74. The first-order valence-corrected chi connectivity index (χ1v) is 12.0. The number of nitrogens with one attached hydrogen (secondary N) is 1. The Morgan fingerprint density at radius 3 is 2.03 bits per heavy atom. The second-order valence-electron chi connectivity index (χ2n) is 10.8. The Morgan fingerprint density at radius 2 is 1.54 bits per heavy atom. The van der Waals surface area contributed by atoms with Gasteiger partial charge in [-0.25, -0.2) is 0 Å². The van der Waals surface area contributed by atoms with E-state index in [-0.39, 0.29) is 29.5 Å². The number of rotatable bonds is 6. The zero-order valence-corrected chi connectivity index (χ0v) is 20.7. The van der Waals surface area contributed by atoms with Crippen LogP contribution in [0.2, 0.25) is 0 Å². The first-order valence-electron chi connectivity index (χ1n) is 12.0. The zero-order valence-electron chi connectivity index (χ0n) is 20.7. The number of ether oxygens (including phenoxy) is 1. The Kier molecular flexibility index (Phi) is 7.87. The molecule has 198 valence electrons. The molecule has 1 aromatic carbocycles. The summed E-state index contributed by atoms with van der Waals surface area (Å²) in [5.74, 6) is -0.345. The van der Waals surface area contributed by atoms with Crippen molar-refractivity contribution in [2.75, 3.05) is 27.3 Å². The minimum absolute atomic E-state index is 0.0329. The molecule has 1 aliphatic heterocycles. The third kappa shape index (κ3) is 5.96. The van der Waals surface area contributed by atoms with Crippen LogP contribution in [-0.4, -0.2) is 49.8 Å². The molecule has 1 aromatic rings. The standard InChI is InChI=1S/C25H34F6N2O2/c1-16(2)23(8-5-21(14-23)33(3,4)20-6-9-35-10-7-20)22(34)32-15-17-11-18(24(26,27)28)13-19(12-17)25(29,30)31/h11-13,16,20-21H,5-10,14-15H2,1-4H3/p+1/t21?,23-/m0/s1. The molecule has 2 atom stereocenters. The topological polar surface area (TPSA) is 38.3 Å². The summed E-state index contributed by atoms with van der Waals surface area (Å²) < 4.78 is 85.4. The Balaban J connectivity index is 1.78. The normalized spacial score (nSPS) is 24.7. The smallest absolute Gasteiger partial charge is 0.381 e. The Morgan fingerprint density at radius 1 is 1.00 bits per heavy atom. The summed E-state index contributed by atoms with van der Waals surface area (Å²) in [5.41, 5.74) is -3.72. The molecule has 0 radical (unpaired) electrons. The van der Waals surface area contributed by atoms with Gasteiger partial charge in [0.05, 0.1) is 55.9 Å². The number of hydrogen-bond donors (Lipinski definition) is 1. The molecule has 1 N–H and O–H groups in total. The second-order valence-corrected chi connectivity index (χ2v) is 10.8. The molecular formula is C25H35F6N2O2+. The summed E-state index contributed by atoms with van der Waals surface area (Å²) in [6.45, 7) is 4.92. The summed E-state index contributed by atoms with van der Waals surface area (Å²) in [4.78, 5) is 13.4. The lowest BCUT2D eigenvalue weighted by Gasteiger charge is -2.45. The van der Waals surface area contributed by atoms with Crippen LogP contribution in [0, 0.1) is 11.3 Å². The average molecular weight is 510 g/mol. The molecule has 0 bridgehead atoms. The maximum Gasteiger partial charge on any atom is 0.416 e. The number of halogens is 6. The first kappa shape index (κ1) is 27.8. The minimum Gasteiger partial charge on any atom is -0.381 e. The van der Waals surface area contributed by atoms with E-state index in [0.717, 1.165) is 23.7 Å². The molecule has 1 unspecified atom stereocenters. The van der Waals surface area contributed by atoms with Crippen molar-refractivity contribution in [1.82, 2.24) is 5.32 Å². The highest BCUT2D eigenvalue weighted by Crippen LogP contribution is 2.48. The van der Waals surface area contributed by atoms with Crippen LogP contribution in [0.4, 0.5) is 26.3 Å². The number of carbonyl (C=O) groups is 1. The van der Waals surface area contributed by atoms with Crippen molar-refractivity contribution in [1.29, 1.82) is 0 Å². The van der Waals surface area contributed by atoms with Gasteiger partial charge in [-0.2, -0.15) is 26.3 Å². The fraction of sp³-hybridized carbons (Fsp3) is 0.720. The van der Waals surface area contributed by atoms with Gasteiger partial charge in [-0.05, 0) is 36.1 Å². The number of carbonyl (C=O) groups excluding carboxylic acids is 1. The zero-order chi connectivity index (χ0) is 26.2. The van der Waals surface area contributed by atoms with Crippen LogP contribution in [0.1, 0.15) is 62.6 Å². The lowest BCUT2D eigenvalue weighted by Crippen LogP contribution is -2.57. The summed E-state index contributed by atoms with van der Waals surface area (Å²) in [6.07, 6.45) is -5.88. The fourth-order valence-electron chi connectivity index (χ4n) is 5.74. The van der Waals surface area contributed by atoms with Crippen LogP contribution in [-0.2, 0) is 28.4 Å². The molecule has 4 nitrogen and oxygen atoms in total. The van der Waals surface area contributed by atoms with E-state index in [0.29, 0.717) is 44.2 Å². The number of amides is 1. The monoisotopic (exact) mass is 509 g/mol. The summed E-state index contributed by atoms with van der Waals surface area (Å²) >= 11 is 0. The highest BCUT2D eigenvalue weighted by Gasteiger charge is 2.53. The molecule has 0 spiro atoms. The van der Waals surface area contributed by atoms with Crippen molar-refractivity contribution in [3.8, 4) is 0 Å². The first-order chi connectivity index (χ1) is 16.1. The van der Waals surface area contributed by atoms with Gasteiger partial charge in [-0.1, -0.05) is 13.8 Å². The van der Waals surface area contributed by atoms with Gasteiger partial charge in [0.1, 0.15) is 0 Å². The molecule has 2 fully saturated rings. The molecule has 0 aromatic heterocycles. The van der Waals surface area contributed by atoms with Gasteiger partial charge in [-0.15, -0.1) is 0 Å². The van der Waals surface area contributed by atoms with Gasteiger partial charge >= 0.3 is 12.4 Å². The lowest BCUT2D eigenvalue weighted by molar-refractivity contribution is -0.940. The van der Waals surface area contributed by atoms with E-state index in [9.17, 15) is 31.1 Å². The van der Waals surface area contributed by atoms with Gasteiger partial charge in [-0.3, -0.25) is 4.79 Å². The molecule has 1 aliphatic carbocycles. The lowest BCUT2D eigenvalue weighted by atomic mass is 9.74. The van der Waals surface area contributed by atoms with Crippen LogP contribution in [0.3, 0.4) is 0 Å². The van der Waals surface area contributed by atoms with E-state index in [4.69, 9.17) is 4.74 Å². The summed E-state index contributed by atoms with van der Waals surface area (Å²) in [5, 5.41) is 2.67. The van der Waals surface area contributed by atoms with Gasteiger partial charge in [0, 0.05) is 32.2 Å². The summed E-state index contributed by atoms with van der Waals surface area (Å²) in [7, 11) is 4.35. The molecule has 1 heterocycles. The largest absolute Gasteiger partial charge is 0.416 e. The van der Waals surface area contributed by atoms with Gasteiger partial charge < -0.3 is 14.5 Å². The van der Waals surface area contributed by atoms with E-state index in [1.807, 2.05) is 13.8 Å². The number of hydrogen-bond acceptors (Lipinski definition) is 2. The predicted octanol–water partition coefficient (Wildman–Crippen LogP) is 5.79. The van der Waals surface area contributed by atoms with Crippen molar-refractivity contribution < 1.29 is 40.4 Å². The number of alkyl halides is 6. The van der Waals surface area contributed by atoms with E-state index in [2.05, 4.69) is 19.4 Å². The highest BCUT2D eigenvalue weighted by molar-refractivity contribution is 5.83. The number of benzene rings is 1. The van der Waals surface area contributed by atoms with E-state index < -0.39 is 35.4 Å². The number of nitrogens with zero attached hydrogens (tertiary/aromatic N) is 1. The van der Waals surface area contributed by atoms with Crippen LogP contribution >= 0.6 is 0 Å². The van der Waals surface area contributed by atoms with Crippen molar-refractivity contribution in [3.05, 3.63) is 34.9 Å². The van der Waals surface area contributed by atoms with Gasteiger partial charge in [0.25, 0.3) is 0 Å². The maximum atomic E-state index is 13.4. The Bertz CT molecular complexity index is 874. The quantitative estimate of drug-likeness (QED) is 0.390. The van der Waals surface area contributed by atoms with Crippen LogP contribution < -0.4 is 5.32 Å². The van der Waals surface area contributed by atoms with Gasteiger partial charge in [0.15, 0.2) is 0 Å². The highest BCUT2D eigenvalue weighted by atomic mass is 19.4. The second kappa shape index (κ2) is 9.92. The molecule has 1 saturated carbocycles. The average Bonchev–Trinajstić information content (AvgIpc) is 3.25.